The number of imidazole rings is 1. The van der Waals surface area contributed by atoms with Crippen LogP contribution < -0.4 is 49.1 Å². The molecule has 0 aliphatic rings. The highest BCUT2D eigenvalue weighted by Gasteiger charge is 2.34. The van der Waals surface area contributed by atoms with Crippen molar-refractivity contribution in [2.45, 2.75) is 128 Å². The molecule has 0 bridgehead atoms. The molecule has 2 heterocycles. The zero-order valence-corrected chi connectivity index (χ0v) is 33.9. The molecule has 0 aromatic carbocycles. The van der Waals surface area contributed by atoms with Gasteiger partial charge in [0.15, 0.2) is 0 Å². The molecule has 7 atom stereocenters. The number of aliphatic carboxylic acids is 1. The van der Waals surface area contributed by atoms with Crippen molar-refractivity contribution in [1.29, 1.82) is 0 Å². The van der Waals surface area contributed by atoms with Crippen LogP contribution in [0.5, 0.6) is 0 Å². The summed E-state index contributed by atoms with van der Waals surface area (Å²) in [4.78, 5) is 111. The van der Waals surface area contributed by atoms with E-state index >= 15 is 0 Å². The summed E-state index contributed by atoms with van der Waals surface area (Å²) in [5.74, 6) is -6.47. The first-order valence-electron chi connectivity index (χ1n) is 19.8. The van der Waals surface area contributed by atoms with E-state index in [1.807, 2.05) is 6.92 Å². The van der Waals surface area contributed by atoms with Gasteiger partial charge in [-0.1, -0.05) is 20.3 Å². The number of nitrogens with two attached hydrogens (primary N) is 3. The van der Waals surface area contributed by atoms with Gasteiger partial charge < -0.3 is 63.6 Å². The Balaban J connectivity index is 2.41. The predicted molar refractivity (Wildman–Crippen MR) is 213 cm³/mol. The maximum atomic E-state index is 14.1. The van der Waals surface area contributed by atoms with Crippen LogP contribution in [0.15, 0.2) is 35.3 Å². The lowest BCUT2D eigenvalue weighted by atomic mass is 9.97. The normalized spacial score (nSPS) is 14.6. The number of carboxylic acids is 1. The van der Waals surface area contributed by atoms with Gasteiger partial charge in [-0.25, -0.2) is 4.98 Å². The number of hydrogen-bond donors (Lipinski definition) is 11. The number of carboxylic acid groups (broad SMARTS) is 1. The monoisotopic (exact) mass is 831 g/mol. The number of aromatic nitrogens is 2. The molecule has 0 radical (unpaired) electrons. The van der Waals surface area contributed by atoms with Crippen molar-refractivity contribution >= 4 is 47.3 Å². The molecule has 2 aromatic heterocycles. The minimum absolute atomic E-state index is 0.0380. The molecule has 21 nitrogen and oxygen atoms in total. The molecule has 0 aliphatic heterocycles. The summed E-state index contributed by atoms with van der Waals surface area (Å²) in [6.07, 6.45) is 5.72. The minimum atomic E-state index is -1.42. The Hall–Kier alpha value is -5.83. The van der Waals surface area contributed by atoms with Crippen LogP contribution in [0.3, 0.4) is 0 Å². The van der Waals surface area contributed by atoms with E-state index in [2.05, 4.69) is 41.9 Å². The van der Waals surface area contributed by atoms with Gasteiger partial charge in [-0.2, -0.15) is 0 Å². The van der Waals surface area contributed by atoms with Crippen LogP contribution in [0.25, 0.3) is 0 Å². The summed E-state index contributed by atoms with van der Waals surface area (Å²) >= 11 is 0. The zero-order valence-electron chi connectivity index (χ0n) is 33.9. The number of hydrogen-bond acceptors (Lipinski definition) is 12. The van der Waals surface area contributed by atoms with Gasteiger partial charge in [0.1, 0.15) is 42.0 Å². The molecular weight excluding hydrogens is 770 g/mol. The lowest BCUT2D eigenvalue weighted by Crippen LogP contribution is -2.60. The van der Waals surface area contributed by atoms with E-state index in [0.29, 0.717) is 50.1 Å². The first-order valence-corrected chi connectivity index (χ1v) is 19.8. The number of unbranched alkanes of at least 4 members (excludes halogenated alkanes) is 2. The first kappa shape index (κ1) is 49.3. The number of rotatable bonds is 29. The second-order valence-electron chi connectivity index (χ2n) is 14.3. The van der Waals surface area contributed by atoms with Gasteiger partial charge in [-0.15, -0.1) is 0 Å². The van der Waals surface area contributed by atoms with Crippen molar-refractivity contribution in [3.05, 3.63) is 42.4 Å². The fourth-order valence-electron chi connectivity index (χ4n) is 6.01. The Morgan fingerprint density at radius 3 is 1.76 bits per heavy atom. The number of furan rings is 1. The second-order valence-corrected chi connectivity index (χ2v) is 14.3. The van der Waals surface area contributed by atoms with Crippen LogP contribution in [0.2, 0.25) is 0 Å². The molecule has 2 rings (SSSR count). The van der Waals surface area contributed by atoms with E-state index in [-0.39, 0.29) is 44.6 Å². The van der Waals surface area contributed by atoms with Crippen LogP contribution in [0, 0.1) is 5.92 Å². The van der Waals surface area contributed by atoms with Crippen molar-refractivity contribution in [3.63, 3.8) is 0 Å². The van der Waals surface area contributed by atoms with Crippen LogP contribution >= 0.6 is 0 Å². The van der Waals surface area contributed by atoms with Crippen molar-refractivity contribution in [2.75, 3.05) is 13.1 Å². The molecule has 21 heteroatoms. The Labute approximate surface area is 342 Å². The maximum Gasteiger partial charge on any atom is 0.303 e. The van der Waals surface area contributed by atoms with Gasteiger partial charge in [-0.3, -0.25) is 38.4 Å². The SMILES string of the molecule is CC[C@H](C)[C@H](NC(C)=O)C(=O)N[C@@H](CCC(=O)O)C(=O)N[C@@H](CCCCN)C(=O)N[C@@H](Cc1cnc[nH]1)C(=O)N[C@@H](Cc1ccco1)C(=O)N[C@@H](CCCCN)C(N)=O. The average molecular weight is 832 g/mol. The van der Waals surface area contributed by atoms with Crippen molar-refractivity contribution in [1.82, 2.24) is 41.9 Å². The number of nitrogens with one attached hydrogen (secondary N) is 7. The lowest BCUT2D eigenvalue weighted by molar-refractivity contribution is -0.138. The van der Waals surface area contributed by atoms with Crippen LogP contribution in [0.1, 0.15) is 90.0 Å². The summed E-state index contributed by atoms with van der Waals surface area (Å²) in [6.45, 7) is 5.42. The third-order valence-electron chi connectivity index (χ3n) is 9.55. The summed E-state index contributed by atoms with van der Waals surface area (Å²) in [6, 6.07) is -4.29. The van der Waals surface area contributed by atoms with Crippen LogP contribution in [-0.2, 0) is 51.2 Å². The third kappa shape index (κ3) is 18.1. The molecule has 2 aromatic rings. The number of carbonyl (C=O) groups excluding carboxylic acids is 7. The Kier molecular flexibility index (Phi) is 21.9. The number of carbonyl (C=O) groups is 8. The number of nitrogens with zero attached hydrogens (tertiary/aromatic N) is 1. The van der Waals surface area contributed by atoms with E-state index in [0.717, 1.165) is 0 Å². The summed E-state index contributed by atoms with van der Waals surface area (Å²) in [5.41, 5.74) is 17.3. The molecular formula is C38H61N11O10. The van der Waals surface area contributed by atoms with Gasteiger partial charge in [0.25, 0.3) is 0 Å². The van der Waals surface area contributed by atoms with E-state index in [4.69, 9.17) is 21.6 Å². The number of aromatic amines is 1. The standard InChI is InChI=1S/C38H61N11O10/c1-4-22(2)32(44-23(3)50)38(58)47-28(13-14-31(51)52)35(55)46-27(12-6-8-16-40)34(54)48-29(18-24-20-42-21-43-24)36(56)49-30(19-25-10-9-17-59-25)37(57)45-26(33(41)53)11-5-7-15-39/h9-10,17,20-22,26-30,32H,4-8,11-16,18-19,39-40H2,1-3H3,(H2,41,53)(H,42,43)(H,44,50)(H,45,57)(H,46,55)(H,47,58)(H,48,54)(H,49,56)(H,51,52)/t22-,26-,27-,28-,29-,30-,32-/m0/s1. The minimum Gasteiger partial charge on any atom is -0.481 e. The highest BCUT2D eigenvalue weighted by Crippen LogP contribution is 2.12. The lowest BCUT2D eigenvalue weighted by Gasteiger charge is -2.28. The van der Waals surface area contributed by atoms with Crippen LogP contribution in [0.4, 0.5) is 0 Å². The predicted octanol–water partition coefficient (Wildman–Crippen LogP) is -1.63. The van der Waals surface area contributed by atoms with Gasteiger partial charge in [0.2, 0.25) is 41.4 Å². The Morgan fingerprint density at radius 2 is 1.27 bits per heavy atom. The van der Waals surface area contributed by atoms with Gasteiger partial charge >= 0.3 is 5.97 Å². The van der Waals surface area contributed by atoms with E-state index in [9.17, 15) is 43.5 Å². The number of amides is 7. The molecule has 0 saturated heterocycles. The van der Waals surface area contributed by atoms with Gasteiger partial charge in [0.05, 0.1) is 12.6 Å². The summed E-state index contributed by atoms with van der Waals surface area (Å²) < 4.78 is 5.43. The molecule has 0 fully saturated rings. The molecule has 7 amide bonds. The molecule has 0 unspecified atom stereocenters. The zero-order chi connectivity index (χ0) is 43.9. The van der Waals surface area contributed by atoms with E-state index in [1.54, 1.807) is 19.1 Å². The molecule has 0 aliphatic carbocycles. The second kappa shape index (κ2) is 26.2. The Bertz CT molecular complexity index is 1650. The average Bonchev–Trinajstić information content (AvgIpc) is 3.91. The topological polar surface area (TPSA) is 349 Å². The largest absolute Gasteiger partial charge is 0.481 e. The highest BCUT2D eigenvalue weighted by molar-refractivity contribution is 5.97. The van der Waals surface area contributed by atoms with E-state index in [1.165, 1.54) is 25.7 Å². The van der Waals surface area contributed by atoms with Crippen molar-refractivity contribution in [2.24, 2.45) is 23.1 Å². The van der Waals surface area contributed by atoms with Crippen molar-refractivity contribution in [3.8, 4) is 0 Å². The quantitative estimate of drug-likeness (QED) is 0.0411. The summed E-state index contributed by atoms with van der Waals surface area (Å²) in [5, 5.41) is 25.0. The molecule has 0 spiro atoms. The molecule has 0 saturated carbocycles. The fourth-order valence-corrected chi connectivity index (χ4v) is 6.01. The molecule has 14 N–H and O–H groups in total. The summed E-state index contributed by atoms with van der Waals surface area (Å²) in [7, 11) is 0. The smallest absolute Gasteiger partial charge is 0.303 e. The van der Waals surface area contributed by atoms with Gasteiger partial charge in [-0.05, 0) is 76.1 Å². The highest BCUT2D eigenvalue weighted by atomic mass is 16.4. The molecule has 328 valence electrons. The number of primary amides is 1. The third-order valence-corrected chi connectivity index (χ3v) is 9.55. The van der Waals surface area contributed by atoms with Crippen LogP contribution in [-0.4, -0.2) is 112 Å². The fraction of sp³-hybridized carbons (Fsp3) is 0.605. The number of H-pyrrole nitrogens is 1. The Morgan fingerprint density at radius 1 is 0.746 bits per heavy atom. The maximum absolute atomic E-state index is 14.1. The van der Waals surface area contributed by atoms with Crippen molar-refractivity contribution < 1.29 is 47.9 Å². The van der Waals surface area contributed by atoms with Gasteiger partial charge in [0, 0.05) is 38.1 Å². The first-order chi connectivity index (χ1) is 28.1. The van der Waals surface area contributed by atoms with E-state index < -0.39 is 90.0 Å². The molecule has 59 heavy (non-hydrogen) atoms.